The first-order valence-corrected chi connectivity index (χ1v) is 23.5. The molecule has 2 N–H and O–H groups in total. The Morgan fingerprint density at radius 2 is 1.04 bits per heavy atom. The maximum Gasteiger partial charge on any atom is 0.268 e. The lowest BCUT2D eigenvalue weighted by Gasteiger charge is -2.29. The Morgan fingerprint density at radius 1 is 0.654 bits per heavy atom. The molecule has 0 aliphatic rings. The zero-order valence-corrected chi connectivity index (χ0v) is 35.9. The normalized spacial score (nSPS) is 14.5. The minimum absolute atomic E-state index is 0.00196. The van der Waals surface area contributed by atoms with E-state index in [2.05, 4.69) is 19.2 Å². The largest absolute Gasteiger partial charge is 0.756 e. The molecule has 0 aromatic carbocycles. The van der Waals surface area contributed by atoms with Crippen molar-refractivity contribution in [2.45, 2.75) is 219 Å². The van der Waals surface area contributed by atoms with Gasteiger partial charge in [-0.1, -0.05) is 193 Å². The van der Waals surface area contributed by atoms with E-state index in [1.165, 1.54) is 148 Å². The first-order chi connectivity index (χ1) is 25.0. The molecule has 0 aliphatic carbocycles. The highest BCUT2D eigenvalue weighted by Crippen LogP contribution is 2.38. The molecule has 0 spiro atoms. The fourth-order valence-electron chi connectivity index (χ4n) is 6.45. The molecule has 3 unspecified atom stereocenters. The Kier molecular flexibility index (Phi) is 35.4. The van der Waals surface area contributed by atoms with E-state index in [4.69, 9.17) is 9.05 Å². The third-order valence-electron chi connectivity index (χ3n) is 10.00. The topological polar surface area (TPSA) is 108 Å². The number of hydrogen-bond donors (Lipinski definition) is 2. The second-order valence-corrected chi connectivity index (χ2v) is 17.8. The summed E-state index contributed by atoms with van der Waals surface area (Å²) in [5, 5.41) is 13.8. The van der Waals surface area contributed by atoms with Crippen molar-refractivity contribution in [3.05, 3.63) is 12.2 Å². The fourth-order valence-corrected chi connectivity index (χ4v) is 7.17. The minimum Gasteiger partial charge on any atom is -0.756 e. The van der Waals surface area contributed by atoms with Crippen LogP contribution in [0.3, 0.4) is 0 Å². The molecule has 9 heteroatoms. The molecule has 0 saturated carbocycles. The summed E-state index contributed by atoms with van der Waals surface area (Å²) < 4.78 is 23.2. The number of allylic oxidation sites excluding steroid dienone is 1. The Labute approximate surface area is 322 Å². The minimum atomic E-state index is -4.58. The van der Waals surface area contributed by atoms with Crippen LogP contribution >= 0.6 is 7.82 Å². The van der Waals surface area contributed by atoms with Gasteiger partial charge < -0.3 is 28.8 Å². The highest BCUT2D eigenvalue weighted by Gasteiger charge is 2.23. The third-order valence-corrected chi connectivity index (χ3v) is 11.0. The van der Waals surface area contributed by atoms with Crippen LogP contribution < -0.4 is 10.2 Å². The van der Waals surface area contributed by atoms with E-state index < -0.39 is 20.0 Å². The molecule has 0 aromatic rings. The van der Waals surface area contributed by atoms with Crippen LogP contribution in [0.2, 0.25) is 0 Å². The first kappa shape index (κ1) is 51.2. The molecule has 0 heterocycles. The van der Waals surface area contributed by atoms with Gasteiger partial charge in [0.05, 0.1) is 39.9 Å². The van der Waals surface area contributed by atoms with Gasteiger partial charge >= 0.3 is 0 Å². The van der Waals surface area contributed by atoms with Crippen LogP contribution in [0.15, 0.2) is 12.2 Å². The lowest BCUT2D eigenvalue weighted by molar-refractivity contribution is -0.870. The monoisotopic (exact) mass is 759 g/mol. The molecule has 0 aliphatic heterocycles. The SMILES string of the molecule is CCCCCCCCCCCCCCCCCCC/C=C/C(O)C(COP(=O)([O-])OCC[N+](C)(C)C)NC(=O)CCCCCCCCCCCCC. The summed E-state index contributed by atoms with van der Waals surface area (Å²) in [5.41, 5.74) is 0. The average molecular weight is 759 g/mol. The molecule has 8 nitrogen and oxygen atoms in total. The molecule has 52 heavy (non-hydrogen) atoms. The first-order valence-electron chi connectivity index (χ1n) is 22.1. The number of carbonyl (C=O) groups excluding carboxylic acids is 1. The summed E-state index contributed by atoms with van der Waals surface area (Å²) in [5.74, 6) is -0.197. The molecule has 0 rings (SSSR count). The van der Waals surface area contributed by atoms with Crippen molar-refractivity contribution in [2.75, 3.05) is 40.9 Å². The van der Waals surface area contributed by atoms with Crippen molar-refractivity contribution in [3.63, 3.8) is 0 Å². The van der Waals surface area contributed by atoms with Gasteiger partial charge in [0, 0.05) is 6.42 Å². The number of phosphoric acid groups is 1. The van der Waals surface area contributed by atoms with E-state index >= 15 is 0 Å². The molecular formula is C43H87N2O6P. The standard InChI is InChI=1S/C43H87N2O6P/c1-6-8-10-12-14-16-18-19-20-21-22-23-24-25-27-28-30-32-34-36-42(46)41(40-51-52(48,49)50-39-38-45(3,4)5)44-43(47)37-35-33-31-29-26-17-15-13-11-9-7-2/h34,36,41-42,46H,6-33,35,37-40H2,1-5H3,(H-,44,47,48,49)/b36-34+. The lowest BCUT2D eigenvalue weighted by Crippen LogP contribution is -2.45. The van der Waals surface area contributed by atoms with Crippen molar-refractivity contribution < 1.29 is 32.9 Å². The number of nitrogens with one attached hydrogen (secondary N) is 1. The van der Waals surface area contributed by atoms with Crippen LogP contribution in [-0.2, 0) is 18.4 Å². The van der Waals surface area contributed by atoms with Crippen molar-refractivity contribution in [1.82, 2.24) is 5.32 Å². The summed E-state index contributed by atoms with van der Waals surface area (Å²) in [6.07, 6.45) is 39.7. The Balaban J connectivity index is 4.37. The molecule has 1 amide bonds. The quantitative estimate of drug-likeness (QED) is 0.0279. The summed E-state index contributed by atoms with van der Waals surface area (Å²) in [6, 6.07) is -0.878. The summed E-state index contributed by atoms with van der Waals surface area (Å²) in [4.78, 5) is 25.2. The van der Waals surface area contributed by atoms with Gasteiger partial charge in [0.15, 0.2) is 0 Å². The summed E-state index contributed by atoms with van der Waals surface area (Å²) in [7, 11) is 1.27. The molecule has 3 atom stereocenters. The number of phosphoric ester groups is 1. The second-order valence-electron chi connectivity index (χ2n) is 16.4. The Morgan fingerprint density at radius 3 is 1.44 bits per heavy atom. The molecule has 0 saturated heterocycles. The number of unbranched alkanes of at least 4 members (excludes halogenated alkanes) is 27. The van der Waals surface area contributed by atoms with E-state index in [1.54, 1.807) is 6.08 Å². The zero-order valence-electron chi connectivity index (χ0n) is 35.0. The van der Waals surface area contributed by atoms with Crippen LogP contribution in [0, 0.1) is 0 Å². The average Bonchev–Trinajstić information content (AvgIpc) is 3.09. The predicted octanol–water partition coefficient (Wildman–Crippen LogP) is 11.3. The Hall–Kier alpha value is -0.760. The van der Waals surface area contributed by atoms with E-state index in [1.807, 2.05) is 27.2 Å². The van der Waals surface area contributed by atoms with Gasteiger partial charge in [0.2, 0.25) is 5.91 Å². The molecule has 0 bridgehead atoms. The van der Waals surface area contributed by atoms with Crippen molar-refractivity contribution >= 4 is 13.7 Å². The maximum absolute atomic E-state index is 12.8. The maximum atomic E-state index is 12.8. The van der Waals surface area contributed by atoms with Crippen LogP contribution in [0.5, 0.6) is 0 Å². The highest BCUT2D eigenvalue weighted by atomic mass is 31.2. The van der Waals surface area contributed by atoms with Gasteiger partial charge in [0.25, 0.3) is 7.82 Å². The fraction of sp³-hybridized carbons (Fsp3) is 0.930. The van der Waals surface area contributed by atoms with Crippen LogP contribution in [-0.4, -0.2) is 68.5 Å². The van der Waals surface area contributed by atoms with E-state index in [0.29, 0.717) is 17.4 Å². The Bertz CT molecular complexity index is 865. The van der Waals surface area contributed by atoms with Gasteiger partial charge in [-0.05, 0) is 19.3 Å². The second kappa shape index (κ2) is 35.9. The number of hydrogen-bond acceptors (Lipinski definition) is 6. The van der Waals surface area contributed by atoms with E-state index in [9.17, 15) is 19.4 Å². The molecular weight excluding hydrogens is 671 g/mol. The molecule has 0 radical (unpaired) electrons. The van der Waals surface area contributed by atoms with Crippen LogP contribution in [0.1, 0.15) is 206 Å². The number of likely N-dealkylation sites (N-methyl/N-ethyl adjacent to an activating group) is 1. The van der Waals surface area contributed by atoms with Gasteiger partial charge in [-0.3, -0.25) is 9.36 Å². The predicted molar refractivity (Wildman–Crippen MR) is 219 cm³/mol. The van der Waals surface area contributed by atoms with Crippen LogP contribution in [0.25, 0.3) is 0 Å². The van der Waals surface area contributed by atoms with Crippen LogP contribution in [0.4, 0.5) is 0 Å². The molecule has 0 fully saturated rings. The number of rotatable bonds is 40. The number of aliphatic hydroxyl groups excluding tert-OH is 1. The summed E-state index contributed by atoms with van der Waals surface area (Å²) in [6.45, 7) is 4.65. The van der Waals surface area contributed by atoms with Gasteiger partial charge in [-0.2, -0.15) is 0 Å². The number of amides is 1. The lowest BCUT2D eigenvalue weighted by atomic mass is 10.0. The van der Waals surface area contributed by atoms with Gasteiger partial charge in [-0.15, -0.1) is 0 Å². The van der Waals surface area contributed by atoms with Gasteiger partial charge in [-0.25, -0.2) is 0 Å². The number of aliphatic hydroxyl groups is 1. The summed E-state index contributed by atoms with van der Waals surface area (Å²) >= 11 is 0. The van der Waals surface area contributed by atoms with Crippen molar-refractivity contribution in [3.8, 4) is 0 Å². The highest BCUT2D eigenvalue weighted by molar-refractivity contribution is 7.45. The third kappa shape index (κ3) is 37.6. The molecule has 0 aromatic heterocycles. The number of quaternary nitrogens is 1. The number of carbonyl (C=O) groups is 1. The zero-order chi connectivity index (χ0) is 38.6. The van der Waals surface area contributed by atoms with Crippen molar-refractivity contribution in [1.29, 1.82) is 0 Å². The smallest absolute Gasteiger partial charge is 0.268 e. The van der Waals surface area contributed by atoms with Crippen molar-refractivity contribution in [2.24, 2.45) is 0 Å². The van der Waals surface area contributed by atoms with Gasteiger partial charge in [0.1, 0.15) is 13.2 Å². The number of nitrogens with zero attached hydrogens (tertiary/aromatic N) is 1. The molecule has 310 valence electrons. The van der Waals surface area contributed by atoms with E-state index in [-0.39, 0.29) is 19.1 Å². The van der Waals surface area contributed by atoms with E-state index in [0.717, 1.165) is 38.5 Å².